The highest BCUT2D eigenvalue weighted by Gasteiger charge is 2.13. The maximum atomic E-state index is 5.53. The van der Waals surface area contributed by atoms with Gasteiger partial charge in [0.05, 0.1) is 0 Å². The summed E-state index contributed by atoms with van der Waals surface area (Å²) in [5, 5.41) is 0. The third kappa shape index (κ3) is 3.64. The molecule has 1 aromatic rings. The van der Waals surface area contributed by atoms with Crippen molar-refractivity contribution in [2.45, 2.75) is 33.1 Å². The van der Waals surface area contributed by atoms with E-state index in [1.165, 1.54) is 0 Å². The van der Waals surface area contributed by atoms with Gasteiger partial charge >= 0.3 is 0 Å². The molecule has 0 radical (unpaired) electrons. The summed E-state index contributed by atoms with van der Waals surface area (Å²) in [6.45, 7) is 7.18. The van der Waals surface area contributed by atoms with Crippen molar-refractivity contribution in [3.8, 4) is 0 Å². The van der Waals surface area contributed by atoms with Crippen LogP contribution >= 0.6 is 0 Å². The molecule has 17 heavy (non-hydrogen) atoms. The lowest BCUT2D eigenvalue weighted by Crippen LogP contribution is -2.19. The summed E-state index contributed by atoms with van der Waals surface area (Å²) in [7, 11) is 4.08. The second-order valence-corrected chi connectivity index (χ2v) is 4.84. The van der Waals surface area contributed by atoms with Crippen LogP contribution in [0.15, 0.2) is 0 Å². The standard InChI is InChI=1S/C12H23N5/c1-8(2)11-9(3)14-10(6-7-17(4)5)15-12(11)16-13/h8H,6-7,13H2,1-5H3,(H,14,15,16). The van der Waals surface area contributed by atoms with Gasteiger partial charge in [0, 0.05) is 24.2 Å². The molecule has 0 atom stereocenters. The topological polar surface area (TPSA) is 67.1 Å². The number of nitrogens with zero attached hydrogens (tertiary/aromatic N) is 3. The zero-order valence-electron chi connectivity index (χ0n) is 11.4. The monoisotopic (exact) mass is 237 g/mol. The minimum atomic E-state index is 0.365. The lowest BCUT2D eigenvalue weighted by molar-refractivity contribution is 0.409. The fraction of sp³-hybridized carbons (Fsp3) is 0.667. The van der Waals surface area contributed by atoms with Gasteiger partial charge in [0.15, 0.2) is 0 Å². The first-order valence-electron chi connectivity index (χ1n) is 5.94. The molecule has 0 bridgehead atoms. The largest absolute Gasteiger partial charge is 0.309 e. The number of anilines is 1. The van der Waals surface area contributed by atoms with Gasteiger partial charge < -0.3 is 10.3 Å². The van der Waals surface area contributed by atoms with Crippen LogP contribution < -0.4 is 11.3 Å². The Hall–Kier alpha value is -1.20. The average Bonchev–Trinajstić information content (AvgIpc) is 2.24. The van der Waals surface area contributed by atoms with Gasteiger partial charge in [-0.1, -0.05) is 13.8 Å². The van der Waals surface area contributed by atoms with Crippen LogP contribution in [-0.4, -0.2) is 35.5 Å². The normalized spacial score (nSPS) is 11.3. The second-order valence-electron chi connectivity index (χ2n) is 4.84. The van der Waals surface area contributed by atoms with Gasteiger partial charge in [0.1, 0.15) is 11.6 Å². The van der Waals surface area contributed by atoms with Crippen molar-refractivity contribution in [3.63, 3.8) is 0 Å². The molecule has 0 aromatic carbocycles. The summed E-state index contributed by atoms with van der Waals surface area (Å²) < 4.78 is 0. The van der Waals surface area contributed by atoms with Gasteiger partial charge in [-0.25, -0.2) is 15.8 Å². The van der Waals surface area contributed by atoms with Crippen molar-refractivity contribution in [1.29, 1.82) is 0 Å². The predicted molar refractivity (Wildman–Crippen MR) is 70.9 cm³/mol. The molecule has 0 amide bonds. The Morgan fingerprint density at radius 1 is 1.29 bits per heavy atom. The number of likely N-dealkylation sites (N-methyl/N-ethyl adjacent to an activating group) is 1. The molecule has 5 heteroatoms. The number of hydrazine groups is 1. The number of hydrogen-bond donors (Lipinski definition) is 2. The van der Waals surface area contributed by atoms with Crippen LogP contribution in [-0.2, 0) is 6.42 Å². The Kier molecular flexibility index (Phi) is 4.84. The molecular weight excluding hydrogens is 214 g/mol. The summed E-state index contributed by atoms with van der Waals surface area (Å²) in [5.41, 5.74) is 4.79. The Labute approximate surface area is 103 Å². The molecule has 1 aromatic heterocycles. The molecule has 0 aliphatic heterocycles. The summed E-state index contributed by atoms with van der Waals surface area (Å²) in [6.07, 6.45) is 0.834. The molecule has 0 aliphatic carbocycles. The highest BCUT2D eigenvalue weighted by molar-refractivity contribution is 5.47. The third-order valence-corrected chi connectivity index (χ3v) is 2.68. The van der Waals surface area contributed by atoms with Crippen LogP contribution in [0.4, 0.5) is 5.82 Å². The Morgan fingerprint density at radius 2 is 1.94 bits per heavy atom. The van der Waals surface area contributed by atoms with Crippen LogP contribution in [0, 0.1) is 6.92 Å². The Morgan fingerprint density at radius 3 is 2.41 bits per heavy atom. The van der Waals surface area contributed by atoms with Crippen molar-refractivity contribution in [2.75, 3.05) is 26.1 Å². The molecule has 0 fully saturated rings. The minimum absolute atomic E-state index is 0.365. The van der Waals surface area contributed by atoms with E-state index in [1.54, 1.807) is 0 Å². The number of nitrogens with one attached hydrogen (secondary N) is 1. The lowest BCUT2D eigenvalue weighted by Gasteiger charge is -2.16. The fourth-order valence-corrected chi connectivity index (χ4v) is 1.88. The second kappa shape index (κ2) is 5.93. The number of hydrogen-bond acceptors (Lipinski definition) is 5. The Bertz CT molecular complexity index is 373. The van der Waals surface area contributed by atoms with E-state index in [0.717, 1.165) is 35.9 Å². The molecule has 5 nitrogen and oxygen atoms in total. The zero-order chi connectivity index (χ0) is 13.0. The van der Waals surface area contributed by atoms with Crippen LogP contribution in [0.3, 0.4) is 0 Å². The number of rotatable bonds is 5. The van der Waals surface area contributed by atoms with Gasteiger partial charge in [-0.05, 0) is 26.9 Å². The van der Waals surface area contributed by atoms with E-state index in [2.05, 4.69) is 34.1 Å². The molecule has 0 spiro atoms. The average molecular weight is 237 g/mol. The van der Waals surface area contributed by atoms with E-state index in [0.29, 0.717) is 5.92 Å². The maximum absolute atomic E-state index is 5.53. The third-order valence-electron chi connectivity index (χ3n) is 2.68. The van der Waals surface area contributed by atoms with Crippen molar-refractivity contribution in [3.05, 3.63) is 17.1 Å². The molecule has 0 aliphatic rings. The molecular formula is C12H23N5. The number of nitrogen functional groups attached to an aromatic ring is 1. The summed E-state index contributed by atoms with van der Waals surface area (Å²) >= 11 is 0. The van der Waals surface area contributed by atoms with Gasteiger partial charge in [-0.2, -0.15) is 0 Å². The van der Waals surface area contributed by atoms with Gasteiger partial charge in [0.2, 0.25) is 0 Å². The van der Waals surface area contributed by atoms with Crippen LogP contribution in [0.5, 0.6) is 0 Å². The SMILES string of the molecule is Cc1nc(CCN(C)C)nc(NN)c1C(C)C. The lowest BCUT2D eigenvalue weighted by atomic mass is 10.0. The first-order chi connectivity index (χ1) is 7.95. The molecule has 3 N–H and O–H groups in total. The smallest absolute Gasteiger partial charge is 0.147 e. The van der Waals surface area contributed by atoms with Crippen LogP contribution in [0.2, 0.25) is 0 Å². The molecule has 0 saturated carbocycles. The zero-order valence-corrected chi connectivity index (χ0v) is 11.4. The number of aryl methyl sites for hydroxylation is 1. The molecule has 0 saturated heterocycles. The highest BCUT2D eigenvalue weighted by Crippen LogP contribution is 2.24. The van der Waals surface area contributed by atoms with E-state index in [1.807, 2.05) is 21.0 Å². The first-order valence-corrected chi connectivity index (χ1v) is 5.94. The van der Waals surface area contributed by atoms with Crippen molar-refractivity contribution < 1.29 is 0 Å². The van der Waals surface area contributed by atoms with E-state index >= 15 is 0 Å². The molecule has 96 valence electrons. The van der Waals surface area contributed by atoms with Crippen molar-refractivity contribution >= 4 is 5.82 Å². The summed E-state index contributed by atoms with van der Waals surface area (Å²) in [5.74, 6) is 7.49. The van der Waals surface area contributed by atoms with Crippen LogP contribution in [0.25, 0.3) is 0 Å². The Balaban J connectivity index is 3.00. The van der Waals surface area contributed by atoms with E-state index in [-0.39, 0.29) is 0 Å². The molecule has 1 heterocycles. The van der Waals surface area contributed by atoms with Crippen molar-refractivity contribution in [1.82, 2.24) is 14.9 Å². The minimum Gasteiger partial charge on any atom is -0.309 e. The summed E-state index contributed by atoms with van der Waals surface area (Å²) in [4.78, 5) is 11.1. The first kappa shape index (κ1) is 13.9. The number of nitrogens with two attached hydrogens (primary N) is 1. The van der Waals surface area contributed by atoms with E-state index in [9.17, 15) is 0 Å². The molecule has 1 rings (SSSR count). The summed E-state index contributed by atoms with van der Waals surface area (Å²) in [6, 6.07) is 0. The molecule has 0 unspecified atom stereocenters. The van der Waals surface area contributed by atoms with Crippen molar-refractivity contribution in [2.24, 2.45) is 5.84 Å². The van der Waals surface area contributed by atoms with Gasteiger partial charge in [0.25, 0.3) is 0 Å². The van der Waals surface area contributed by atoms with Gasteiger partial charge in [-0.3, -0.25) is 0 Å². The predicted octanol–water partition coefficient (Wildman–Crippen LogP) is 1.30. The fourth-order valence-electron chi connectivity index (χ4n) is 1.88. The van der Waals surface area contributed by atoms with E-state index in [4.69, 9.17) is 5.84 Å². The van der Waals surface area contributed by atoms with Gasteiger partial charge in [-0.15, -0.1) is 0 Å². The quantitative estimate of drug-likeness (QED) is 0.597. The number of aromatic nitrogens is 2. The highest BCUT2D eigenvalue weighted by atomic mass is 15.3. The maximum Gasteiger partial charge on any atom is 0.147 e. The van der Waals surface area contributed by atoms with E-state index < -0.39 is 0 Å². The van der Waals surface area contributed by atoms with Crippen LogP contribution in [0.1, 0.15) is 36.8 Å².